The first-order valence-electron chi connectivity index (χ1n) is 7.83. The van der Waals surface area contributed by atoms with Crippen molar-refractivity contribution in [2.45, 2.75) is 31.3 Å². The van der Waals surface area contributed by atoms with Gasteiger partial charge in [-0.15, -0.1) is 0 Å². The van der Waals surface area contributed by atoms with Gasteiger partial charge in [0.05, 0.1) is 11.2 Å². The number of aliphatic hydroxyl groups is 1. The number of β-amino-alcohol motifs (C(OH)–C–C–N with tert-alkyl or cyclic N) is 1. The standard InChI is InChI=1S/C16H24N4O2/c1-19(2)9-16(22)6-7-20(10-16)15-12(14(17)21)8-11-4-3-5-13(11)18-15/h8,22H,3-7,9-10H2,1-2H3,(H2,17,21). The fourth-order valence-corrected chi connectivity index (χ4v) is 3.64. The van der Waals surface area contributed by atoms with Gasteiger partial charge in [0.2, 0.25) is 0 Å². The zero-order valence-electron chi connectivity index (χ0n) is 13.3. The number of hydrogen-bond acceptors (Lipinski definition) is 5. The van der Waals surface area contributed by atoms with Crippen molar-refractivity contribution in [3.8, 4) is 0 Å². The normalized spacial score (nSPS) is 24.1. The third-order valence-corrected chi connectivity index (χ3v) is 4.54. The lowest BCUT2D eigenvalue weighted by atomic mass is 10.0. The number of carbonyl (C=O) groups is 1. The molecule has 0 bridgehead atoms. The average Bonchev–Trinajstić information content (AvgIpc) is 3.02. The van der Waals surface area contributed by atoms with Crippen molar-refractivity contribution in [1.82, 2.24) is 9.88 Å². The number of nitrogens with two attached hydrogens (primary N) is 1. The Bertz CT molecular complexity index is 602. The number of pyridine rings is 1. The predicted octanol–water partition coefficient (Wildman–Crippen LogP) is 0.172. The summed E-state index contributed by atoms with van der Waals surface area (Å²) >= 11 is 0. The van der Waals surface area contributed by atoms with E-state index in [0.29, 0.717) is 37.4 Å². The van der Waals surface area contributed by atoms with Gasteiger partial charge in [0, 0.05) is 25.3 Å². The van der Waals surface area contributed by atoms with Crippen molar-refractivity contribution in [3.05, 3.63) is 22.9 Å². The van der Waals surface area contributed by atoms with Crippen LogP contribution >= 0.6 is 0 Å². The average molecular weight is 304 g/mol. The van der Waals surface area contributed by atoms with E-state index in [1.807, 2.05) is 30.0 Å². The van der Waals surface area contributed by atoms with E-state index in [9.17, 15) is 9.90 Å². The van der Waals surface area contributed by atoms with Crippen molar-refractivity contribution in [3.63, 3.8) is 0 Å². The van der Waals surface area contributed by atoms with Crippen molar-refractivity contribution in [1.29, 1.82) is 0 Å². The number of carbonyl (C=O) groups excluding carboxylic acids is 1. The Kier molecular flexibility index (Phi) is 3.82. The number of aryl methyl sites for hydroxylation is 2. The topological polar surface area (TPSA) is 82.7 Å². The number of anilines is 1. The van der Waals surface area contributed by atoms with Crippen LogP contribution in [0.5, 0.6) is 0 Å². The molecule has 1 atom stereocenters. The molecule has 6 nitrogen and oxygen atoms in total. The monoisotopic (exact) mass is 304 g/mol. The van der Waals surface area contributed by atoms with E-state index in [1.54, 1.807) is 0 Å². The van der Waals surface area contributed by atoms with Gasteiger partial charge in [-0.05, 0) is 51.4 Å². The van der Waals surface area contributed by atoms with Gasteiger partial charge >= 0.3 is 0 Å². The summed E-state index contributed by atoms with van der Waals surface area (Å²) in [5, 5.41) is 10.7. The van der Waals surface area contributed by atoms with Crippen LogP contribution in [-0.2, 0) is 12.8 Å². The first kappa shape index (κ1) is 15.2. The quantitative estimate of drug-likeness (QED) is 0.829. The molecule has 0 aromatic carbocycles. The van der Waals surface area contributed by atoms with Crippen molar-refractivity contribution >= 4 is 11.7 Å². The van der Waals surface area contributed by atoms with Crippen LogP contribution in [0.1, 0.15) is 34.5 Å². The molecule has 120 valence electrons. The lowest BCUT2D eigenvalue weighted by Crippen LogP contribution is -2.43. The van der Waals surface area contributed by atoms with Gasteiger partial charge in [-0.25, -0.2) is 4.98 Å². The maximum absolute atomic E-state index is 11.8. The summed E-state index contributed by atoms with van der Waals surface area (Å²) in [6.45, 7) is 1.77. The molecule has 2 aliphatic rings. The van der Waals surface area contributed by atoms with Gasteiger partial charge in [-0.1, -0.05) is 0 Å². The molecule has 0 radical (unpaired) electrons. The second-order valence-electron chi connectivity index (χ2n) is 6.82. The highest BCUT2D eigenvalue weighted by molar-refractivity contribution is 5.98. The number of nitrogens with zero attached hydrogens (tertiary/aromatic N) is 3. The molecule has 0 saturated carbocycles. The molecule has 1 aromatic rings. The Labute approximate surface area is 130 Å². The van der Waals surface area contributed by atoms with Gasteiger partial charge in [-0.3, -0.25) is 4.79 Å². The maximum Gasteiger partial charge on any atom is 0.252 e. The molecule has 1 unspecified atom stereocenters. The molecule has 1 aliphatic heterocycles. The fraction of sp³-hybridized carbons (Fsp3) is 0.625. The summed E-state index contributed by atoms with van der Waals surface area (Å²) in [4.78, 5) is 20.5. The SMILES string of the molecule is CN(C)CC1(O)CCN(c2nc3c(cc2C(N)=O)CCC3)C1. The van der Waals surface area contributed by atoms with Crippen LogP contribution in [0.2, 0.25) is 0 Å². The van der Waals surface area contributed by atoms with Crippen LogP contribution in [0.15, 0.2) is 6.07 Å². The van der Waals surface area contributed by atoms with E-state index in [4.69, 9.17) is 10.7 Å². The van der Waals surface area contributed by atoms with Crippen LogP contribution < -0.4 is 10.6 Å². The zero-order valence-corrected chi connectivity index (χ0v) is 13.3. The van der Waals surface area contributed by atoms with Crippen molar-refractivity contribution in [2.75, 3.05) is 38.6 Å². The summed E-state index contributed by atoms with van der Waals surface area (Å²) in [5.41, 5.74) is 7.48. The minimum Gasteiger partial charge on any atom is -0.387 e. The van der Waals surface area contributed by atoms with Crippen LogP contribution in [-0.4, -0.2) is 60.2 Å². The van der Waals surface area contributed by atoms with Gasteiger partial charge in [-0.2, -0.15) is 0 Å². The molecule has 0 spiro atoms. The molecule has 1 aromatic heterocycles. The van der Waals surface area contributed by atoms with Crippen molar-refractivity contribution < 1.29 is 9.90 Å². The first-order valence-corrected chi connectivity index (χ1v) is 7.83. The molecule has 3 rings (SSSR count). The fourth-order valence-electron chi connectivity index (χ4n) is 3.64. The van der Waals surface area contributed by atoms with Gasteiger partial charge in [0.15, 0.2) is 0 Å². The lowest BCUT2D eigenvalue weighted by molar-refractivity contribution is 0.0365. The summed E-state index contributed by atoms with van der Waals surface area (Å²) in [7, 11) is 3.90. The minimum absolute atomic E-state index is 0.444. The van der Waals surface area contributed by atoms with Gasteiger partial charge in [0.25, 0.3) is 5.91 Å². The Morgan fingerprint density at radius 3 is 2.95 bits per heavy atom. The first-order chi connectivity index (χ1) is 10.4. The zero-order chi connectivity index (χ0) is 15.9. The second-order valence-corrected chi connectivity index (χ2v) is 6.82. The Morgan fingerprint density at radius 2 is 2.27 bits per heavy atom. The highest BCUT2D eigenvalue weighted by atomic mass is 16.3. The number of rotatable bonds is 4. The van der Waals surface area contributed by atoms with E-state index in [-0.39, 0.29) is 0 Å². The predicted molar refractivity (Wildman–Crippen MR) is 85.1 cm³/mol. The van der Waals surface area contributed by atoms with Gasteiger partial charge < -0.3 is 20.6 Å². The number of primary amides is 1. The van der Waals surface area contributed by atoms with E-state index < -0.39 is 11.5 Å². The molecule has 1 aliphatic carbocycles. The highest BCUT2D eigenvalue weighted by Crippen LogP contribution is 2.32. The van der Waals surface area contributed by atoms with Crippen LogP contribution in [0.4, 0.5) is 5.82 Å². The molecule has 1 amide bonds. The van der Waals surface area contributed by atoms with Crippen LogP contribution in [0, 0.1) is 0 Å². The van der Waals surface area contributed by atoms with Gasteiger partial charge in [0.1, 0.15) is 5.82 Å². The maximum atomic E-state index is 11.8. The molecular weight excluding hydrogens is 280 g/mol. The molecule has 1 saturated heterocycles. The summed E-state index contributed by atoms with van der Waals surface area (Å²) in [6.07, 6.45) is 3.67. The molecule has 22 heavy (non-hydrogen) atoms. The molecule has 3 N–H and O–H groups in total. The summed E-state index contributed by atoms with van der Waals surface area (Å²) < 4.78 is 0. The largest absolute Gasteiger partial charge is 0.387 e. The summed E-state index contributed by atoms with van der Waals surface area (Å²) in [6, 6.07) is 1.90. The number of amides is 1. The number of likely N-dealkylation sites (N-methyl/N-ethyl adjacent to an activating group) is 1. The minimum atomic E-state index is -0.765. The molecule has 6 heteroatoms. The van der Waals surface area contributed by atoms with Crippen molar-refractivity contribution in [2.24, 2.45) is 5.73 Å². The molecule has 1 fully saturated rings. The van der Waals surface area contributed by atoms with Crippen LogP contribution in [0.3, 0.4) is 0 Å². The smallest absolute Gasteiger partial charge is 0.252 e. The number of fused-ring (bicyclic) bond motifs is 1. The summed E-state index contributed by atoms with van der Waals surface area (Å²) in [5.74, 6) is 0.197. The van der Waals surface area contributed by atoms with E-state index in [1.165, 1.54) is 0 Å². The third kappa shape index (κ3) is 2.80. The van der Waals surface area contributed by atoms with E-state index in [0.717, 1.165) is 30.5 Å². The Hall–Kier alpha value is -1.66. The molecular formula is C16H24N4O2. The Balaban J connectivity index is 1.90. The number of hydrogen-bond donors (Lipinski definition) is 2. The Morgan fingerprint density at radius 1 is 1.50 bits per heavy atom. The van der Waals surface area contributed by atoms with E-state index >= 15 is 0 Å². The second kappa shape index (κ2) is 5.52. The lowest BCUT2D eigenvalue weighted by Gasteiger charge is -2.27. The molecule has 2 heterocycles. The van der Waals surface area contributed by atoms with E-state index in [2.05, 4.69) is 0 Å². The highest BCUT2D eigenvalue weighted by Gasteiger charge is 2.38. The third-order valence-electron chi connectivity index (χ3n) is 4.54. The number of aromatic nitrogens is 1. The van der Waals surface area contributed by atoms with Crippen LogP contribution in [0.25, 0.3) is 0 Å².